The Labute approximate surface area is 217 Å². The van der Waals surface area contributed by atoms with Crippen LogP contribution in [0, 0.1) is 5.92 Å². The van der Waals surface area contributed by atoms with Gasteiger partial charge in [-0.1, -0.05) is 33.1 Å². The molecule has 0 spiro atoms. The number of hydrogen-bond acceptors (Lipinski definition) is 9. The fourth-order valence-electron chi connectivity index (χ4n) is 2.24. The summed E-state index contributed by atoms with van der Waals surface area (Å²) in [6.07, 6.45) is 4.57. The summed E-state index contributed by atoms with van der Waals surface area (Å²) < 4.78 is 0. The molecule has 0 radical (unpaired) electrons. The van der Waals surface area contributed by atoms with Gasteiger partial charge in [-0.15, -0.1) is 0 Å². The van der Waals surface area contributed by atoms with E-state index in [1.54, 1.807) is 27.7 Å². The third kappa shape index (κ3) is 24.4. The van der Waals surface area contributed by atoms with E-state index in [0.29, 0.717) is 12.8 Å². The van der Waals surface area contributed by atoms with Crippen LogP contribution in [0.2, 0.25) is 0 Å². The van der Waals surface area contributed by atoms with E-state index in [1.807, 2.05) is 55.4 Å². The summed E-state index contributed by atoms with van der Waals surface area (Å²) in [5.74, 6) is -3.17. The summed E-state index contributed by atoms with van der Waals surface area (Å²) >= 11 is 0. The van der Waals surface area contributed by atoms with Crippen molar-refractivity contribution >= 4 is 11.9 Å². The Kier molecular flexibility index (Phi) is 17.7. The number of hydrogen-bond donors (Lipinski definition) is 1. The van der Waals surface area contributed by atoms with Gasteiger partial charge in [-0.2, -0.15) is 14.7 Å². The van der Waals surface area contributed by atoms with Crippen molar-refractivity contribution in [3.05, 3.63) is 0 Å². The summed E-state index contributed by atoms with van der Waals surface area (Å²) in [4.78, 5) is 53.0. The summed E-state index contributed by atoms with van der Waals surface area (Å²) in [6.45, 7) is 22.1. The molecule has 10 heteroatoms. The third-order valence-electron chi connectivity index (χ3n) is 3.95. The molecule has 0 aliphatic carbocycles. The normalized spacial score (nSPS) is 13.6. The van der Waals surface area contributed by atoms with Crippen LogP contribution < -0.4 is 0 Å². The minimum Gasteiger partial charge on any atom is -0.481 e. The zero-order valence-electron chi connectivity index (χ0n) is 24.6. The topological polar surface area (TPSA) is 119 Å². The molecule has 0 bridgehead atoms. The lowest BCUT2D eigenvalue weighted by Crippen LogP contribution is -2.41. The number of unbranched alkanes of at least 4 members (excludes halogenated alkanes) is 2. The van der Waals surface area contributed by atoms with Crippen LogP contribution in [0.1, 0.15) is 128 Å². The van der Waals surface area contributed by atoms with Gasteiger partial charge in [0.05, 0.1) is 22.7 Å². The minimum atomic E-state index is -1.31. The number of carbonyl (C=O) groups is 2. The van der Waals surface area contributed by atoms with Crippen LogP contribution in [0.5, 0.6) is 0 Å². The second kappa shape index (κ2) is 17.3. The highest BCUT2D eigenvalue weighted by molar-refractivity contribution is 5.70. The van der Waals surface area contributed by atoms with Crippen molar-refractivity contribution in [1.82, 2.24) is 0 Å². The Morgan fingerprint density at radius 2 is 1.14 bits per heavy atom. The van der Waals surface area contributed by atoms with Crippen molar-refractivity contribution < 1.29 is 49.1 Å². The summed E-state index contributed by atoms with van der Waals surface area (Å²) in [7, 11) is 0. The lowest BCUT2D eigenvalue weighted by molar-refractivity contribution is -0.538. The molecule has 1 atom stereocenters. The number of aliphatic carboxylic acids is 1. The van der Waals surface area contributed by atoms with Gasteiger partial charge in [-0.3, -0.25) is 9.68 Å². The number of carboxylic acids is 1. The van der Waals surface area contributed by atoms with Gasteiger partial charge in [0, 0.05) is 12.8 Å². The molecule has 0 aliphatic heterocycles. The molecular weight excluding hydrogens is 472 g/mol. The zero-order chi connectivity index (χ0) is 28.6. The largest absolute Gasteiger partial charge is 0.481 e. The van der Waals surface area contributed by atoms with Crippen LogP contribution in [0.15, 0.2) is 0 Å². The highest BCUT2D eigenvalue weighted by Gasteiger charge is 2.38. The monoisotopic (exact) mass is 524 g/mol. The van der Waals surface area contributed by atoms with Gasteiger partial charge >= 0.3 is 11.9 Å². The van der Waals surface area contributed by atoms with Crippen LogP contribution in [0.25, 0.3) is 0 Å². The summed E-state index contributed by atoms with van der Waals surface area (Å²) in [5.41, 5.74) is -1.56. The van der Waals surface area contributed by atoms with Crippen molar-refractivity contribution in [3.8, 4) is 0 Å². The molecule has 1 N–H and O–H groups in total. The first kappa shape index (κ1) is 36.9. The van der Waals surface area contributed by atoms with Crippen molar-refractivity contribution in [3.63, 3.8) is 0 Å². The Morgan fingerprint density at radius 1 is 0.694 bits per heavy atom. The standard InChI is InChI=1S/C17H34O6.C9H18O4/c1-9-10-11-13(14(18)19)12-17(8,22-20-15(2,3)4)23-21-16(5,6)7;1-5-6-7-8(10)11-13-12-9(2,3)4/h13H,9-12H2,1-8H3,(H,18,19);5-7H2,1-4H3. The number of rotatable bonds is 15. The minimum absolute atomic E-state index is 0.133. The Bertz CT molecular complexity index is 581. The van der Waals surface area contributed by atoms with Gasteiger partial charge in [0.25, 0.3) is 0 Å². The first-order valence-electron chi connectivity index (χ1n) is 12.7. The molecule has 1 unspecified atom stereocenters. The molecule has 0 aliphatic rings. The quantitative estimate of drug-likeness (QED) is 0.138. The molecule has 0 aromatic heterocycles. The van der Waals surface area contributed by atoms with E-state index in [-0.39, 0.29) is 6.42 Å². The second-order valence-electron chi connectivity index (χ2n) is 11.9. The van der Waals surface area contributed by atoms with Crippen LogP contribution in [-0.4, -0.2) is 39.6 Å². The Balaban J connectivity index is 0. The first-order chi connectivity index (χ1) is 16.2. The maximum absolute atomic E-state index is 11.5. The molecule has 0 saturated heterocycles. The van der Waals surface area contributed by atoms with Crippen molar-refractivity contribution in [2.24, 2.45) is 5.92 Å². The lowest BCUT2D eigenvalue weighted by Gasteiger charge is -2.34. The summed E-state index contributed by atoms with van der Waals surface area (Å²) in [6, 6.07) is 0. The highest BCUT2D eigenvalue weighted by atomic mass is 17.5. The van der Waals surface area contributed by atoms with E-state index in [1.165, 1.54) is 0 Å². The molecular formula is C26H52O10. The Morgan fingerprint density at radius 3 is 1.50 bits per heavy atom. The average Bonchev–Trinajstić information content (AvgIpc) is 2.71. The number of carboxylic acid groups (broad SMARTS) is 1. The molecule has 0 rings (SSSR count). The molecule has 0 heterocycles. The predicted octanol–water partition coefficient (Wildman–Crippen LogP) is 6.86. The van der Waals surface area contributed by atoms with Crippen LogP contribution in [0.4, 0.5) is 0 Å². The molecule has 36 heavy (non-hydrogen) atoms. The molecule has 0 fully saturated rings. The Hall–Kier alpha value is -1.30. The van der Waals surface area contributed by atoms with Gasteiger partial charge in [0.15, 0.2) is 0 Å². The lowest BCUT2D eigenvalue weighted by atomic mass is 9.94. The molecule has 10 nitrogen and oxygen atoms in total. The fraction of sp³-hybridized carbons (Fsp3) is 0.923. The van der Waals surface area contributed by atoms with Crippen LogP contribution in [0.3, 0.4) is 0 Å². The molecule has 0 aromatic carbocycles. The van der Waals surface area contributed by atoms with Gasteiger partial charge in [-0.25, -0.2) is 14.6 Å². The van der Waals surface area contributed by atoms with Crippen molar-refractivity contribution in [1.29, 1.82) is 0 Å². The molecule has 216 valence electrons. The SMILES string of the molecule is CCCCC(=O)OOOC(C)(C)C.CCCCC(CC(C)(OOC(C)(C)C)OOC(C)(C)C)C(=O)O. The third-order valence-corrected chi connectivity index (χ3v) is 3.95. The zero-order valence-corrected chi connectivity index (χ0v) is 24.6. The van der Waals surface area contributed by atoms with Gasteiger partial charge in [0.2, 0.25) is 5.79 Å². The van der Waals surface area contributed by atoms with E-state index in [0.717, 1.165) is 25.7 Å². The molecule has 0 amide bonds. The van der Waals surface area contributed by atoms with E-state index in [2.05, 4.69) is 9.93 Å². The van der Waals surface area contributed by atoms with Crippen molar-refractivity contribution in [2.75, 3.05) is 0 Å². The van der Waals surface area contributed by atoms with Gasteiger partial charge in [-0.05, 0) is 87.1 Å². The van der Waals surface area contributed by atoms with E-state index in [4.69, 9.17) is 24.4 Å². The second-order valence-corrected chi connectivity index (χ2v) is 11.9. The summed E-state index contributed by atoms with van der Waals surface area (Å²) in [5, 5.41) is 13.7. The van der Waals surface area contributed by atoms with Gasteiger partial charge < -0.3 is 5.11 Å². The maximum Gasteiger partial charge on any atom is 0.345 e. The maximum atomic E-state index is 11.5. The van der Waals surface area contributed by atoms with Crippen LogP contribution in [-0.2, 0) is 44.0 Å². The van der Waals surface area contributed by atoms with Gasteiger partial charge in [0.1, 0.15) is 0 Å². The predicted molar refractivity (Wildman–Crippen MR) is 135 cm³/mol. The van der Waals surface area contributed by atoms with E-state index < -0.39 is 40.4 Å². The van der Waals surface area contributed by atoms with E-state index in [9.17, 15) is 14.7 Å². The first-order valence-corrected chi connectivity index (χ1v) is 12.7. The van der Waals surface area contributed by atoms with E-state index >= 15 is 0 Å². The smallest absolute Gasteiger partial charge is 0.345 e. The molecule has 0 aromatic rings. The molecule has 0 saturated carbocycles. The van der Waals surface area contributed by atoms with Crippen LogP contribution >= 0.6 is 0 Å². The highest BCUT2D eigenvalue weighted by Crippen LogP contribution is 2.30. The fourth-order valence-corrected chi connectivity index (χ4v) is 2.24. The number of carbonyl (C=O) groups excluding carboxylic acids is 1. The average molecular weight is 525 g/mol. The van der Waals surface area contributed by atoms with Crippen molar-refractivity contribution in [2.45, 2.75) is 151 Å².